The molecule has 0 aliphatic carbocycles. The first-order valence-electron chi connectivity index (χ1n) is 7.08. The average molecular weight is 348 g/mol. The molecular weight excluding hydrogens is 334 g/mol. The van der Waals surface area contributed by atoms with E-state index in [2.05, 4.69) is 0 Å². The second kappa shape index (κ2) is 6.26. The van der Waals surface area contributed by atoms with Crippen LogP contribution < -0.4 is 0 Å². The van der Waals surface area contributed by atoms with Gasteiger partial charge in [-0.1, -0.05) is 23.7 Å². The number of thioether (sulfide) groups is 1. The highest BCUT2D eigenvalue weighted by atomic mass is 35.5. The van der Waals surface area contributed by atoms with Gasteiger partial charge in [0.15, 0.2) is 0 Å². The van der Waals surface area contributed by atoms with Crippen LogP contribution in [0.1, 0.15) is 19.6 Å². The number of hydrogen-bond acceptors (Lipinski definition) is 4. The minimum Gasteiger partial charge on any atom is -0.457 e. The standard InChI is InChI=1S/C17H14ClNO3S/c1-10(2)19-16(20)15(23-17(19)21)9-13-6-7-14(22-13)11-4-3-5-12(18)8-11/h3-10H,1-2H3/b15-9-. The van der Waals surface area contributed by atoms with Crippen molar-refractivity contribution < 1.29 is 14.0 Å². The molecule has 0 bridgehead atoms. The number of carbonyl (C=O) groups excluding carboxylic acids is 2. The fourth-order valence-electron chi connectivity index (χ4n) is 2.28. The molecule has 0 unspecified atom stereocenters. The average Bonchev–Trinajstić information content (AvgIpc) is 3.05. The number of rotatable bonds is 3. The number of nitrogens with zero attached hydrogens (tertiary/aromatic N) is 1. The highest BCUT2D eigenvalue weighted by molar-refractivity contribution is 8.18. The number of benzene rings is 1. The number of halogens is 1. The highest BCUT2D eigenvalue weighted by Crippen LogP contribution is 2.34. The summed E-state index contributed by atoms with van der Waals surface area (Å²) in [5.41, 5.74) is 0.854. The summed E-state index contributed by atoms with van der Waals surface area (Å²) >= 11 is 6.91. The van der Waals surface area contributed by atoms with Crippen LogP contribution in [-0.4, -0.2) is 22.1 Å². The Morgan fingerprint density at radius 2 is 2.00 bits per heavy atom. The van der Waals surface area contributed by atoms with Gasteiger partial charge in [-0.05, 0) is 49.9 Å². The number of imide groups is 1. The van der Waals surface area contributed by atoms with Gasteiger partial charge in [0, 0.05) is 22.7 Å². The van der Waals surface area contributed by atoms with Crippen LogP contribution in [0.15, 0.2) is 45.7 Å². The van der Waals surface area contributed by atoms with Gasteiger partial charge in [-0.25, -0.2) is 0 Å². The van der Waals surface area contributed by atoms with Crippen molar-refractivity contribution in [3.8, 4) is 11.3 Å². The van der Waals surface area contributed by atoms with Crippen LogP contribution in [0.25, 0.3) is 17.4 Å². The molecule has 3 rings (SSSR count). The molecule has 1 aliphatic heterocycles. The molecule has 2 amide bonds. The van der Waals surface area contributed by atoms with E-state index in [4.69, 9.17) is 16.0 Å². The van der Waals surface area contributed by atoms with Crippen molar-refractivity contribution in [3.05, 3.63) is 52.1 Å². The number of amides is 2. The first-order chi connectivity index (χ1) is 11.0. The SMILES string of the molecule is CC(C)N1C(=O)S/C(=C\c2ccc(-c3cccc(Cl)c3)o2)C1=O. The molecule has 0 saturated carbocycles. The molecule has 1 fully saturated rings. The Hall–Kier alpha value is -1.98. The van der Waals surface area contributed by atoms with Gasteiger partial charge in [0.25, 0.3) is 11.1 Å². The molecule has 1 aliphatic rings. The van der Waals surface area contributed by atoms with Gasteiger partial charge in [-0.2, -0.15) is 0 Å². The first-order valence-corrected chi connectivity index (χ1v) is 8.28. The number of carbonyl (C=O) groups is 2. The maximum absolute atomic E-state index is 12.2. The molecule has 0 N–H and O–H groups in total. The van der Waals surface area contributed by atoms with E-state index in [1.165, 1.54) is 4.90 Å². The van der Waals surface area contributed by atoms with E-state index in [1.807, 2.05) is 32.0 Å². The van der Waals surface area contributed by atoms with E-state index in [0.29, 0.717) is 21.4 Å². The minimum atomic E-state index is -0.282. The van der Waals surface area contributed by atoms with Crippen LogP contribution in [0, 0.1) is 0 Å². The quantitative estimate of drug-likeness (QED) is 0.729. The van der Waals surface area contributed by atoms with Gasteiger partial charge in [0.2, 0.25) is 0 Å². The van der Waals surface area contributed by atoms with Crippen molar-refractivity contribution >= 4 is 40.6 Å². The van der Waals surface area contributed by atoms with Crippen molar-refractivity contribution in [2.45, 2.75) is 19.9 Å². The van der Waals surface area contributed by atoms with Crippen molar-refractivity contribution in [1.29, 1.82) is 0 Å². The van der Waals surface area contributed by atoms with Crippen molar-refractivity contribution in [2.24, 2.45) is 0 Å². The molecule has 0 atom stereocenters. The van der Waals surface area contributed by atoms with Crippen LogP contribution in [0.5, 0.6) is 0 Å². The van der Waals surface area contributed by atoms with Gasteiger partial charge < -0.3 is 4.42 Å². The van der Waals surface area contributed by atoms with Crippen LogP contribution in [0.2, 0.25) is 5.02 Å². The molecule has 118 valence electrons. The lowest BCUT2D eigenvalue weighted by Crippen LogP contribution is -2.34. The Morgan fingerprint density at radius 3 is 2.65 bits per heavy atom. The predicted octanol–water partition coefficient (Wildman–Crippen LogP) is 5.04. The normalized spacial score (nSPS) is 16.9. The van der Waals surface area contributed by atoms with Gasteiger partial charge in [-0.3, -0.25) is 14.5 Å². The number of furan rings is 1. The lowest BCUT2D eigenvalue weighted by atomic mass is 10.2. The molecule has 1 saturated heterocycles. The fraction of sp³-hybridized carbons (Fsp3) is 0.176. The zero-order valence-electron chi connectivity index (χ0n) is 12.6. The van der Waals surface area contributed by atoms with Crippen LogP contribution in [0.3, 0.4) is 0 Å². The molecular formula is C17H14ClNO3S. The molecule has 23 heavy (non-hydrogen) atoms. The third-order valence-corrected chi connectivity index (χ3v) is 4.47. The maximum Gasteiger partial charge on any atom is 0.293 e. The Balaban J connectivity index is 1.87. The summed E-state index contributed by atoms with van der Waals surface area (Å²) in [6.45, 7) is 3.62. The second-order valence-corrected chi connectivity index (χ2v) is 6.79. The molecule has 0 radical (unpaired) electrons. The number of hydrogen-bond donors (Lipinski definition) is 0. The molecule has 1 aromatic carbocycles. The monoisotopic (exact) mass is 347 g/mol. The van der Waals surface area contributed by atoms with Crippen LogP contribution >= 0.6 is 23.4 Å². The predicted molar refractivity (Wildman–Crippen MR) is 92.1 cm³/mol. The summed E-state index contributed by atoms with van der Waals surface area (Å²) in [5.74, 6) is 0.895. The van der Waals surface area contributed by atoms with Crippen molar-refractivity contribution in [1.82, 2.24) is 4.90 Å². The van der Waals surface area contributed by atoms with E-state index >= 15 is 0 Å². The van der Waals surface area contributed by atoms with Gasteiger partial charge in [-0.15, -0.1) is 0 Å². The third-order valence-electron chi connectivity index (χ3n) is 3.35. The lowest BCUT2D eigenvalue weighted by molar-refractivity contribution is -0.123. The van der Waals surface area contributed by atoms with E-state index < -0.39 is 0 Å². The Labute approximate surface area is 143 Å². The van der Waals surface area contributed by atoms with Crippen molar-refractivity contribution in [3.63, 3.8) is 0 Å². The summed E-state index contributed by atoms with van der Waals surface area (Å²) < 4.78 is 5.74. The molecule has 4 nitrogen and oxygen atoms in total. The molecule has 2 heterocycles. The highest BCUT2D eigenvalue weighted by Gasteiger charge is 2.36. The third kappa shape index (κ3) is 3.21. The van der Waals surface area contributed by atoms with Gasteiger partial charge >= 0.3 is 0 Å². The van der Waals surface area contributed by atoms with E-state index in [-0.39, 0.29) is 17.2 Å². The summed E-state index contributed by atoms with van der Waals surface area (Å²) in [4.78, 5) is 25.7. The second-order valence-electron chi connectivity index (χ2n) is 5.36. The van der Waals surface area contributed by atoms with Gasteiger partial charge in [0.05, 0.1) is 4.91 Å². The summed E-state index contributed by atoms with van der Waals surface area (Å²) in [5, 5.41) is 0.372. The zero-order valence-corrected chi connectivity index (χ0v) is 14.1. The maximum atomic E-state index is 12.2. The minimum absolute atomic E-state index is 0.160. The smallest absolute Gasteiger partial charge is 0.293 e. The van der Waals surface area contributed by atoms with E-state index in [0.717, 1.165) is 17.3 Å². The van der Waals surface area contributed by atoms with Crippen LogP contribution in [-0.2, 0) is 4.79 Å². The Kier molecular flexibility index (Phi) is 4.33. The fourth-order valence-corrected chi connectivity index (χ4v) is 3.41. The zero-order chi connectivity index (χ0) is 16.6. The molecule has 6 heteroatoms. The topological polar surface area (TPSA) is 50.5 Å². The van der Waals surface area contributed by atoms with Gasteiger partial charge in [0.1, 0.15) is 11.5 Å². The summed E-state index contributed by atoms with van der Waals surface area (Å²) in [6.07, 6.45) is 1.60. The van der Waals surface area contributed by atoms with Crippen molar-refractivity contribution in [2.75, 3.05) is 0 Å². The molecule has 2 aromatic rings. The van der Waals surface area contributed by atoms with E-state index in [1.54, 1.807) is 24.3 Å². The lowest BCUT2D eigenvalue weighted by Gasteiger charge is -2.16. The van der Waals surface area contributed by atoms with Crippen LogP contribution in [0.4, 0.5) is 4.79 Å². The first kappa shape index (κ1) is 15.9. The van der Waals surface area contributed by atoms with E-state index in [9.17, 15) is 9.59 Å². The summed E-state index contributed by atoms with van der Waals surface area (Å²) in [6, 6.07) is 10.7. The molecule has 0 spiro atoms. The Bertz CT molecular complexity index is 810. The molecule has 1 aromatic heterocycles. The summed E-state index contributed by atoms with van der Waals surface area (Å²) in [7, 11) is 0. The Morgan fingerprint density at radius 1 is 1.22 bits per heavy atom. The largest absolute Gasteiger partial charge is 0.457 e.